The normalized spacial score (nSPS) is 10.1. The predicted octanol–water partition coefficient (Wildman–Crippen LogP) is 2.61. The molecule has 0 spiro atoms. The van der Waals surface area contributed by atoms with E-state index in [-0.39, 0.29) is 17.6 Å². The molecule has 0 heterocycles. The van der Waals surface area contributed by atoms with E-state index in [2.05, 4.69) is 33.5 Å². The van der Waals surface area contributed by atoms with Crippen molar-refractivity contribution in [3.05, 3.63) is 28.2 Å². The van der Waals surface area contributed by atoms with Crippen LogP contribution in [-0.4, -0.2) is 35.9 Å². The summed E-state index contributed by atoms with van der Waals surface area (Å²) < 4.78 is 6.45. The van der Waals surface area contributed by atoms with Gasteiger partial charge in [-0.3, -0.25) is 10.1 Å². The largest absolute Gasteiger partial charge is 0.493 e. The molecule has 1 amide bonds. The lowest BCUT2D eigenvalue weighted by Gasteiger charge is -2.13. The number of benzene rings is 1. The molecule has 22 heavy (non-hydrogen) atoms. The number of carbonyl (C=O) groups excluding carboxylic acids is 1. The van der Waals surface area contributed by atoms with Crippen molar-refractivity contribution >= 4 is 39.2 Å². The lowest BCUT2D eigenvalue weighted by atomic mass is 10.2. The Balaban J connectivity index is 2.69. The van der Waals surface area contributed by atoms with Crippen LogP contribution in [0.15, 0.2) is 22.7 Å². The molecule has 0 aliphatic carbocycles. The summed E-state index contributed by atoms with van der Waals surface area (Å²) in [4.78, 5) is 12.3. The van der Waals surface area contributed by atoms with Crippen LogP contribution in [0.2, 0.25) is 0 Å². The van der Waals surface area contributed by atoms with E-state index < -0.39 is 0 Å². The highest BCUT2D eigenvalue weighted by atomic mass is 79.9. The fourth-order valence-corrected chi connectivity index (χ4v) is 2.18. The van der Waals surface area contributed by atoms with E-state index in [0.717, 1.165) is 17.3 Å². The SMILES string of the molecule is CCCCOc1ccc(Br)cc1C(=O)NC(=S)NCCCO. The standard InChI is InChI=1S/C15H21BrN2O3S/c1-2-3-9-21-13-6-5-11(16)10-12(13)14(20)18-15(22)17-7-4-8-19/h5-6,10,19H,2-4,7-9H2,1H3,(H2,17,18,20,22). The highest BCUT2D eigenvalue weighted by Crippen LogP contribution is 2.23. The minimum atomic E-state index is -0.325. The molecule has 7 heteroatoms. The molecule has 0 unspecified atom stereocenters. The van der Waals surface area contributed by atoms with E-state index in [1.807, 2.05) is 6.07 Å². The minimum absolute atomic E-state index is 0.0740. The maximum atomic E-state index is 12.3. The van der Waals surface area contributed by atoms with Gasteiger partial charge in [-0.1, -0.05) is 29.3 Å². The molecule has 0 bridgehead atoms. The fraction of sp³-hybridized carbons (Fsp3) is 0.467. The zero-order valence-electron chi connectivity index (χ0n) is 12.5. The van der Waals surface area contributed by atoms with E-state index in [0.29, 0.717) is 30.9 Å². The van der Waals surface area contributed by atoms with Crippen molar-refractivity contribution in [1.82, 2.24) is 10.6 Å². The van der Waals surface area contributed by atoms with Gasteiger partial charge in [-0.05, 0) is 43.3 Å². The van der Waals surface area contributed by atoms with Gasteiger partial charge in [-0.15, -0.1) is 0 Å². The van der Waals surface area contributed by atoms with Crippen LogP contribution in [0.25, 0.3) is 0 Å². The summed E-state index contributed by atoms with van der Waals surface area (Å²) in [6.07, 6.45) is 2.52. The van der Waals surface area contributed by atoms with E-state index in [1.54, 1.807) is 12.1 Å². The first-order chi connectivity index (χ1) is 10.6. The average molecular weight is 389 g/mol. The van der Waals surface area contributed by atoms with Crippen molar-refractivity contribution in [3.63, 3.8) is 0 Å². The Bertz CT molecular complexity index is 512. The van der Waals surface area contributed by atoms with Crippen LogP contribution < -0.4 is 15.4 Å². The molecule has 0 aromatic heterocycles. The number of ether oxygens (including phenoxy) is 1. The molecule has 122 valence electrons. The average Bonchev–Trinajstić information content (AvgIpc) is 2.49. The van der Waals surface area contributed by atoms with Gasteiger partial charge in [0, 0.05) is 17.6 Å². The number of unbranched alkanes of at least 4 members (excludes halogenated alkanes) is 1. The smallest absolute Gasteiger partial charge is 0.261 e. The summed E-state index contributed by atoms with van der Waals surface area (Å²) in [6.45, 7) is 3.23. The monoisotopic (exact) mass is 388 g/mol. The third-order valence-corrected chi connectivity index (χ3v) is 3.53. The zero-order chi connectivity index (χ0) is 16.4. The molecular weight excluding hydrogens is 368 g/mol. The molecule has 3 N–H and O–H groups in total. The summed E-state index contributed by atoms with van der Waals surface area (Å²) in [7, 11) is 0. The van der Waals surface area contributed by atoms with Crippen LogP contribution in [0.3, 0.4) is 0 Å². The number of nitrogens with one attached hydrogen (secondary N) is 2. The maximum absolute atomic E-state index is 12.3. The van der Waals surface area contributed by atoms with Gasteiger partial charge < -0.3 is 15.2 Å². The minimum Gasteiger partial charge on any atom is -0.493 e. The number of hydrogen-bond donors (Lipinski definition) is 3. The van der Waals surface area contributed by atoms with Gasteiger partial charge in [-0.2, -0.15) is 0 Å². The molecule has 5 nitrogen and oxygen atoms in total. The Kier molecular flexibility index (Phi) is 9.03. The molecule has 0 atom stereocenters. The van der Waals surface area contributed by atoms with E-state index >= 15 is 0 Å². The summed E-state index contributed by atoms with van der Waals surface area (Å²) in [5.74, 6) is 0.210. The molecule has 0 fully saturated rings. The van der Waals surface area contributed by atoms with Gasteiger partial charge in [0.25, 0.3) is 5.91 Å². The Morgan fingerprint density at radius 2 is 2.18 bits per heavy atom. The highest BCUT2D eigenvalue weighted by molar-refractivity contribution is 9.10. The van der Waals surface area contributed by atoms with Gasteiger partial charge in [-0.25, -0.2) is 0 Å². The van der Waals surface area contributed by atoms with E-state index in [1.165, 1.54) is 0 Å². The number of aliphatic hydroxyl groups is 1. The van der Waals surface area contributed by atoms with Gasteiger partial charge >= 0.3 is 0 Å². The third-order valence-electron chi connectivity index (χ3n) is 2.79. The van der Waals surface area contributed by atoms with E-state index in [4.69, 9.17) is 22.1 Å². The first kappa shape index (κ1) is 18.9. The van der Waals surface area contributed by atoms with Crippen molar-refractivity contribution in [2.75, 3.05) is 19.8 Å². The quantitative estimate of drug-likeness (QED) is 0.471. The fourth-order valence-electron chi connectivity index (χ4n) is 1.63. The first-order valence-corrected chi connectivity index (χ1v) is 8.41. The number of amides is 1. The molecule has 1 aromatic carbocycles. The molecule has 0 radical (unpaired) electrons. The van der Waals surface area contributed by atoms with Gasteiger partial charge in [0.15, 0.2) is 5.11 Å². The summed E-state index contributed by atoms with van der Waals surface area (Å²) in [6, 6.07) is 5.29. The number of thiocarbonyl (C=S) groups is 1. The molecule has 0 aliphatic rings. The predicted molar refractivity (Wildman–Crippen MR) is 94.3 cm³/mol. The first-order valence-electron chi connectivity index (χ1n) is 7.20. The third kappa shape index (κ3) is 6.72. The van der Waals surface area contributed by atoms with Crippen molar-refractivity contribution in [2.45, 2.75) is 26.2 Å². The second-order valence-corrected chi connectivity index (χ2v) is 5.95. The molecule has 0 saturated heterocycles. The van der Waals surface area contributed by atoms with Crippen molar-refractivity contribution in [2.24, 2.45) is 0 Å². The van der Waals surface area contributed by atoms with Crippen molar-refractivity contribution in [1.29, 1.82) is 0 Å². The van der Waals surface area contributed by atoms with Gasteiger partial charge in [0.1, 0.15) is 5.75 Å². The topological polar surface area (TPSA) is 70.6 Å². The lowest BCUT2D eigenvalue weighted by Crippen LogP contribution is -2.39. The van der Waals surface area contributed by atoms with Crippen LogP contribution in [0.5, 0.6) is 5.75 Å². The second kappa shape index (κ2) is 10.5. The second-order valence-electron chi connectivity index (χ2n) is 4.63. The molecular formula is C15H21BrN2O3S. The number of aliphatic hydroxyl groups excluding tert-OH is 1. The Hall–Kier alpha value is -1.18. The summed E-state index contributed by atoms with van der Waals surface area (Å²) >= 11 is 8.40. The summed E-state index contributed by atoms with van der Waals surface area (Å²) in [5, 5.41) is 14.4. The molecule has 0 aliphatic heterocycles. The molecule has 0 saturated carbocycles. The van der Waals surface area contributed by atoms with E-state index in [9.17, 15) is 4.79 Å². The summed E-state index contributed by atoms with van der Waals surface area (Å²) in [5.41, 5.74) is 0.428. The van der Waals surface area contributed by atoms with Crippen molar-refractivity contribution in [3.8, 4) is 5.75 Å². The van der Waals surface area contributed by atoms with Crippen LogP contribution in [0.1, 0.15) is 36.5 Å². The Morgan fingerprint density at radius 3 is 2.86 bits per heavy atom. The number of rotatable bonds is 8. The van der Waals surface area contributed by atoms with Crippen LogP contribution in [0.4, 0.5) is 0 Å². The number of hydrogen-bond acceptors (Lipinski definition) is 4. The molecule has 1 rings (SSSR count). The number of halogens is 1. The van der Waals surface area contributed by atoms with Crippen LogP contribution in [0, 0.1) is 0 Å². The van der Waals surface area contributed by atoms with Gasteiger partial charge in [0.2, 0.25) is 0 Å². The Labute approximate surface area is 144 Å². The highest BCUT2D eigenvalue weighted by Gasteiger charge is 2.14. The Morgan fingerprint density at radius 1 is 1.41 bits per heavy atom. The lowest BCUT2D eigenvalue weighted by molar-refractivity contribution is 0.0972. The van der Waals surface area contributed by atoms with Crippen LogP contribution in [-0.2, 0) is 0 Å². The zero-order valence-corrected chi connectivity index (χ0v) is 14.9. The van der Waals surface area contributed by atoms with Crippen molar-refractivity contribution < 1.29 is 14.6 Å². The van der Waals surface area contributed by atoms with Crippen LogP contribution >= 0.6 is 28.1 Å². The maximum Gasteiger partial charge on any atom is 0.261 e. The molecule has 1 aromatic rings. The number of carbonyl (C=O) groups is 1. The van der Waals surface area contributed by atoms with Gasteiger partial charge in [0.05, 0.1) is 12.2 Å².